The molecule has 4 nitrogen and oxygen atoms in total. The fourth-order valence-corrected chi connectivity index (χ4v) is 0.992. The van der Waals surface area contributed by atoms with Crippen LogP contribution in [-0.4, -0.2) is 23.0 Å². The molecule has 1 amide bonds. The molecule has 4 heteroatoms. The molecule has 0 spiro atoms. The van der Waals surface area contributed by atoms with Crippen molar-refractivity contribution < 1.29 is 14.7 Å². The van der Waals surface area contributed by atoms with Gasteiger partial charge in [-0.3, -0.25) is 9.59 Å². The molecule has 2 N–H and O–H groups in total. The number of aliphatic carboxylic acids is 1. The maximum absolute atomic E-state index is 11.2. The van der Waals surface area contributed by atoms with Gasteiger partial charge in [-0.25, -0.2) is 0 Å². The zero-order valence-electron chi connectivity index (χ0n) is 8.45. The summed E-state index contributed by atoms with van der Waals surface area (Å²) in [5.74, 6) is -0.889. The minimum Gasteiger partial charge on any atom is -0.481 e. The summed E-state index contributed by atoms with van der Waals surface area (Å²) >= 11 is 0. The maximum Gasteiger partial charge on any atom is 0.303 e. The van der Waals surface area contributed by atoms with Crippen LogP contribution in [0.15, 0.2) is 12.7 Å². The Morgan fingerprint density at radius 2 is 2.14 bits per heavy atom. The van der Waals surface area contributed by atoms with Crippen LogP contribution in [0.3, 0.4) is 0 Å². The van der Waals surface area contributed by atoms with Gasteiger partial charge in [-0.15, -0.1) is 6.58 Å². The number of nitrogens with one attached hydrogen (secondary N) is 1. The molecule has 80 valence electrons. The Labute approximate surface area is 84.0 Å². The molecule has 0 aliphatic carbocycles. The number of carbonyl (C=O) groups excluding carboxylic acids is 1. The maximum atomic E-state index is 11.2. The van der Waals surface area contributed by atoms with E-state index in [0.717, 1.165) is 0 Å². The number of hydrogen-bond donors (Lipinski definition) is 2. The zero-order chi connectivity index (χ0) is 11.0. The van der Waals surface area contributed by atoms with Crippen molar-refractivity contribution in [2.24, 2.45) is 0 Å². The topological polar surface area (TPSA) is 66.4 Å². The van der Waals surface area contributed by atoms with E-state index in [4.69, 9.17) is 5.11 Å². The van der Waals surface area contributed by atoms with Crippen LogP contribution < -0.4 is 5.32 Å². The molecular weight excluding hydrogens is 182 g/mol. The van der Waals surface area contributed by atoms with Gasteiger partial charge in [-0.2, -0.15) is 0 Å². The third-order valence-electron chi connectivity index (χ3n) is 1.77. The van der Waals surface area contributed by atoms with Gasteiger partial charge in [0, 0.05) is 18.9 Å². The highest BCUT2D eigenvalue weighted by Gasteiger charge is 2.07. The number of amides is 1. The van der Waals surface area contributed by atoms with E-state index < -0.39 is 5.97 Å². The first-order chi connectivity index (χ1) is 6.56. The molecule has 14 heavy (non-hydrogen) atoms. The predicted octanol–water partition coefficient (Wildman–Crippen LogP) is 1.32. The monoisotopic (exact) mass is 199 g/mol. The summed E-state index contributed by atoms with van der Waals surface area (Å²) in [7, 11) is 0. The van der Waals surface area contributed by atoms with Gasteiger partial charge in [0.05, 0.1) is 0 Å². The van der Waals surface area contributed by atoms with Gasteiger partial charge in [-0.1, -0.05) is 6.08 Å². The number of hydrogen-bond acceptors (Lipinski definition) is 2. The van der Waals surface area contributed by atoms with Crippen LogP contribution in [0.4, 0.5) is 0 Å². The van der Waals surface area contributed by atoms with Crippen molar-refractivity contribution in [3.05, 3.63) is 12.7 Å². The highest BCUT2D eigenvalue weighted by molar-refractivity contribution is 5.76. The molecule has 0 aromatic heterocycles. The van der Waals surface area contributed by atoms with Crippen molar-refractivity contribution in [1.29, 1.82) is 0 Å². The van der Waals surface area contributed by atoms with Gasteiger partial charge < -0.3 is 10.4 Å². The molecular formula is C10H17NO3. The first-order valence-corrected chi connectivity index (χ1v) is 4.68. The van der Waals surface area contributed by atoms with Crippen LogP contribution in [0.25, 0.3) is 0 Å². The van der Waals surface area contributed by atoms with Gasteiger partial charge in [0.2, 0.25) is 5.91 Å². The Morgan fingerprint density at radius 3 is 2.64 bits per heavy atom. The second kappa shape index (κ2) is 7.12. The molecule has 0 saturated carbocycles. The molecule has 0 aromatic rings. The van der Waals surface area contributed by atoms with Crippen molar-refractivity contribution >= 4 is 11.9 Å². The third kappa shape index (κ3) is 7.34. The lowest BCUT2D eigenvalue weighted by atomic mass is 10.1. The first kappa shape index (κ1) is 12.7. The minimum absolute atomic E-state index is 0.0530. The van der Waals surface area contributed by atoms with Gasteiger partial charge >= 0.3 is 5.97 Å². The Hall–Kier alpha value is -1.32. The highest BCUT2D eigenvalue weighted by atomic mass is 16.4. The third-order valence-corrected chi connectivity index (χ3v) is 1.77. The molecule has 0 radical (unpaired) electrons. The average molecular weight is 199 g/mol. The lowest BCUT2D eigenvalue weighted by molar-refractivity contribution is -0.137. The minimum atomic E-state index is -0.836. The van der Waals surface area contributed by atoms with Gasteiger partial charge in [-0.05, 0) is 19.8 Å². The summed E-state index contributed by atoms with van der Waals surface area (Å²) in [6.07, 6.45) is 3.30. The SMILES string of the molecule is C=CCCC(=O)NC(C)CCC(=O)O. The van der Waals surface area contributed by atoms with Crippen LogP contribution in [0.1, 0.15) is 32.6 Å². The molecule has 1 unspecified atom stereocenters. The van der Waals surface area contributed by atoms with E-state index in [1.165, 1.54) is 0 Å². The molecule has 0 heterocycles. The summed E-state index contributed by atoms with van der Waals surface area (Å²) in [6.45, 7) is 5.31. The van der Waals surface area contributed by atoms with E-state index in [1.54, 1.807) is 13.0 Å². The van der Waals surface area contributed by atoms with E-state index in [0.29, 0.717) is 19.3 Å². The zero-order valence-corrected chi connectivity index (χ0v) is 8.45. The summed E-state index contributed by atoms with van der Waals surface area (Å²) < 4.78 is 0. The van der Waals surface area contributed by atoms with E-state index in [2.05, 4.69) is 11.9 Å². The largest absolute Gasteiger partial charge is 0.481 e. The van der Waals surface area contributed by atoms with E-state index >= 15 is 0 Å². The van der Waals surface area contributed by atoms with E-state index in [9.17, 15) is 9.59 Å². The summed E-state index contributed by atoms with van der Waals surface area (Å²) in [6, 6.07) is -0.0802. The van der Waals surface area contributed by atoms with Crippen molar-refractivity contribution in [3.8, 4) is 0 Å². The molecule has 0 aliphatic heterocycles. The Bertz CT molecular complexity index is 213. The van der Waals surface area contributed by atoms with E-state index in [1.807, 2.05) is 0 Å². The van der Waals surface area contributed by atoms with Crippen molar-refractivity contribution in [3.63, 3.8) is 0 Å². The fraction of sp³-hybridized carbons (Fsp3) is 0.600. The smallest absolute Gasteiger partial charge is 0.303 e. The summed E-state index contributed by atoms with van der Waals surface area (Å²) in [5.41, 5.74) is 0. The quantitative estimate of drug-likeness (QED) is 0.608. The van der Waals surface area contributed by atoms with Crippen LogP contribution >= 0.6 is 0 Å². The lowest BCUT2D eigenvalue weighted by Gasteiger charge is -2.11. The molecule has 0 aromatic carbocycles. The van der Waals surface area contributed by atoms with Crippen molar-refractivity contribution in [2.45, 2.75) is 38.6 Å². The Morgan fingerprint density at radius 1 is 1.50 bits per heavy atom. The summed E-state index contributed by atoms with van der Waals surface area (Å²) in [5, 5.41) is 11.1. The second-order valence-corrected chi connectivity index (χ2v) is 3.23. The van der Waals surface area contributed by atoms with Crippen molar-refractivity contribution in [2.75, 3.05) is 0 Å². The Balaban J connectivity index is 3.59. The molecule has 0 aliphatic rings. The normalized spacial score (nSPS) is 11.8. The fourth-order valence-electron chi connectivity index (χ4n) is 0.992. The lowest BCUT2D eigenvalue weighted by Crippen LogP contribution is -2.32. The van der Waals surface area contributed by atoms with Gasteiger partial charge in [0.25, 0.3) is 0 Å². The predicted molar refractivity (Wildman–Crippen MR) is 53.9 cm³/mol. The van der Waals surface area contributed by atoms with Crippen LogP contribution in [-0.2, 0) is 9.59 Å². The number of rotatable bonds is 7. The van der Waals surface area contributed by atoms with Crippen LogP contribution in [0.5, 0.6) is 0 Å². The first-order valence-electron chi connectivity index (χ1n) is 4.68. The van der Waals surface area contributed by atoms with Crippen LogP contribution in [0.2, 0.25) is 0 Å². The van der Waals surface area contributed by atoms with Crippen LogP contribution in [0, 0.1) is 0 Å². The molecule has 0 saturated heterocycles. The Kier molecular flexibility index (Phi) is 6.45. The molecule has 1 atom stereocenters. The number of carboxylic acids is 1. The number of allylic oxidation sites excluding steroid dienone is 1. The summed E-state index contributed by atoms with van der Waals surface area (Å²) in [4.78, 5) is 21.4. The van der Waals surface area contributed by atoms with Gasteiger partial charge in [0.15, 0.2) is 0 Å². The van der Waals surface area contributed by atoms with E-state index in [-0.39, 0.29) is 18.4 Å². The second-order valence-electron chi connectivity index (χ2n) is 3.23. The molecule has 0 fully saturated rings. The molecule has 0 bridgehead atoms. The number of carbonyl (C=O) groups is 2. The number of carboxylic acid groups (broad SMARTS) is 1. The standard InChI is InChI=1S/C10H17NO3/c1-3-4-5-9(12)11-8(2)6-7-10(13)14/h3,8H,1,4-7H2,2H3,(H,11,12)(H,13,14). The highest BCUT2D eigenvalue weighted by Crippen LogP contribution is 1.98. The van der Waals surface area contributed by atoms with Gasteiger partial charge in [0.1, 0.15) is 0 Å². The van der Waals surface area contributed by atoms with Crippen molar-refractivity contribution in [1.82, 2.24) is 5.32 Å². The average Bonchev–Trinajstić information content (AvgIpc) is 2.11. The molecule has 0 rings (SSSR count).